The number of para-hydroxylation sites is 1. The van der Waals surface area contributed by atoms with E-state index in [4.69, 9.17) is 11.6 Å². The van der Waals surface area contributed by atoms with Crippen molar-refractivity contribution in [1.82, 2.24) is 9.97 Å². The molecule has 1 aliphatic carbocycles. The summed E-state index contributed by atoms with van der Waals surface area (Å²) in [4.78, 5) is 8.77. The molecule has 0 saturated heterocycles. The van der Waals surface area contributed by atoms with E-state index in [1.165, 1.54) is 12.8 Å². The van der Waals surface area contributed by atoms with Crippen molar-refractivity contribution in [2.45, 2.75) is 19.3 Å². The van der Waals surface area contributed by atoms with Crippen LogP contribution in [-0.4, -0.2) is 9.97 Å². The van der Waals surface area contributed by atoms with Crippen LogP contribution in [0.1, 0.15) is 18.7 Å². The van der Waals surface area contributed by atoms with Gasteiger partial charge < -0.3 is 5.32 Å². The van der Waals surface area contributed by atoms with Gasteiger partial charge in [0.15, 0.2) is 0 Å². The SMILES string of the molecule is Clc1cc(Nc2ccccc2)nc(CC2CC2)n1. The highest BCUT2D eigenvalue weighted by Crippen LogP contribution is 2.32. The van der Waals surface area contributed by atoms with Crippen molar-refractivity contribution in [3.8, 4) is 0 Å². The monoisotopic (exact) mass is 259 g/mol. The van der Waals surface area contributed by atoms with Gasteiger partial charge in [-0.1, -0.05) is 29.8 Å². The van der Waals surface area contributed by atoms with E-state index in [1.807, 2.05) is 30.3 Å². The Morgan fingerprint density at radius 2 is 1.94 bits per heavy atom. The number of hydrogen-bond donors (Lipinski definition) is 1. The number of anilines is 2. The molecule has 3 nitrogen and oxygen atoms in total. The molecule has 1 N–H and O–H groups in total. The highest BCUT2D eigenvalue weighted by molar-refractivity contribution is 6.29. The van der Waals surface area contributed by atoms with Crippen molar-refractivity contribution in [2.24, 2.45) is 5.92 Å². The minimum atomic E-state index is 0.499. The first-order valence-corrected chi connectivity index (χ1v) is 6.53. The lowest BCUT2D eigenvalue weighted by atomic mass is 10.3. The van der Waals surface area contributed by atoms with Gasteiger partial charge in [0.2, 0.25) is 0 Å². The lowest BCUT2D eigenvalue weighted by Gasteiger charge is -2.07. The maximum atomic E-state index is 6.03. The first-order valence-electron chi connectivity index (χ1n) is 6.15. The molecular weight excluding hydrogens is 246 g/mol. The smallest absolute Gasteiger partial charge is 0.135 e. The fourth-order valence-corrected chi connectivity index (χ4v) is 2.07. The second-order valence-electron chi connectivity index (χ2n) is 4.63. The number of aromatic nitrogens is 2. The van der Waals surface area contributed by atoms with Crippen molar-refractivity contribution in [3.05, 3.63) is 47.4 Å². The summed E-state index contributed by atoms with van der Waals surface area (Å²) in [6.45, 7) is 0. The van der Waals surface area contributed by atoms with E-state index >= 15 is 0 Å². The molecule has 2 aromatic rings. The number of benzene rings is 1. The fraction of sp³-hybridized carbons (Fsp3) is 0.286. The van der Waals surface area contributed by atoms with Crippen molar-refractivity contribution < 1.29 is 0 Å². The summed E-state index contributed by atoms with van der Waals surface area (Å²) in [5.41, 5.74) is 1.00. The summed E-state index contributed by atoms with van der Waals surface area (Å²) >= 11 is 6.03. The molecule has 18 heavy (non-hydrogen) atoms. The normalized spacial score (nSPS) is 14.5. The third-order valence-electron chi connectivity index (χ3n) is 2.96. The Labute approximate surface area is 111 Å². The van der Waals surface area contributed by atoms with Gasteiger partial charge in [0.1, 0.15) is 16.8 Å². The van der Waals surface area contributed by atoms with Crippen LogP contribution in [0.25, 0.3) is 0 Å². The molecular formula is C14H14ClN3. The molecule has 0 aliphatic heterocycles. The number of rotatable bonds is 4. The van der Waals surface area contributed by atoms with Gasteiger partial charge in [-0.15, -0.1) is 0 Å². The van der Waals surface area contributed by atoms with Crippen molar-refractivity contribution >= 4 is 23.1 Å². The predicted octanol–water partition coefficient (Wildman–Crippen LogP) is 3.83. The minimum Gasteiger partial charge on any atom is -0.340 e. The molecule has 1 heterocycles. The van der Waals surface area contributed by atoms with Crippen molar-refractivity contribution in [1.29, 1.82) is 0 Å². The molecule has 1 aromatic heterocycles. The number of halogens is 1. The lowest BCUT2D eigenvalue weighted by molar-refractivity contribution is 0.771. The summed E-state index contributed by atoms with van der Waals surface area (Å²) in [7, 11) is 0. The maximum absolute atomic E-state index is 6.03. The average molecular weight is 260 g/mol. The van der Waals surface area contributed by atoms with Crippen LogP contribution in [0.3, 0.4) is 0 Å². The van der Waals surface area contributed by atoms with Crippen LogP contribution in [0.2, 0.25) is 5.15 Å². The fourth-order valence-electron chi connectivity index (χ4n) is 1.87. The van der Waals surface area contributed by atoms with Gasteiger partial charge in [0.05, 0.1) is 0 Å². The van der Waals surface area contributed by atoms with Gasteiger partial charge in [0.25, 0.3) is 0 Å². The van der Waals surface area contributed by atoms with Crippen molar-refractivity contribution in [2.75, 3.05) is 5.32 Å². The molecule has 0 unspecified atom stereocenters. The maximum Gasteiger partial charge on any atom is 0.135 e. The molecule has 4 heteroatoms. The van der Waals surface area contributed by atoms with E-state index in [1.54, 1.807) is 6.07 Å². The van der Waals surface area contributed by atoms with Crippen LogP contribution in [0.15, 0.2) is 36.4 Å². The summed E-state index contributed by atoms with van der Waals surface area (Å²) in [6, 6.07) is 11.7. The topological polar surface area (TPSA) is 37.8 Å². The second-order valence-corrected chi connectivity index (χ2v) is 5.02. The largest absolute Gasteiger partial charge is 0.340 e. The Balaban J connectivity index is 1.80. The van der Waals surface area contributed by atoms with E-state index in [0.717, 1.165) is 29.7 Å². The molecule has 0 bridgehead atoms. The molecule has 3 rings (SSSR count). The summed E-state index contributed by atoms with van der Waals surface area (Å²) in [5, 5.41) is 3.74. The molecule has 0 amide bonds. The zero-order chi connectivity index (χ0) is 12.4. The Morgan fingerprint density at radius 3 is 2.67 bits per heavy atom. The van der Waals surface area contributed by atoms with Crippen molar-refractivity contribution in [3.63, 3.8) is 0 Å². The van der Waals surface area contributed by atoms with E-state index in [0.29, 0.717) is 5.15 Å². The number of hydrogen-bond acceptors (Lipinski definition) is 3. The first-order chi connectivity index (χ1) is 8.79. The number of nitrogens with one attached hydrogen (secondary N) is 1. The molecule has 1 saturated carbocycles. The molecule has 1 aliphatic rings. The van der Waals surface area contributed by atoms with Gasteiger partial charge >= 0.3 is 0 Å². The highest BCUT2D eigenvalue weighted by atomic mass is 35.5. The third-order valence-corrected chi connectivity index (χ3v) is 3.15. The van der Waals surface area contributed by atoms with E-state index in [-0.39, 0.29) is 0 Å². The van der Waals surface area contributed by atoms with Gasteiger partial charge in [-0.3, -0.25) is 0 Å². The van der Waals surface area contributed by atoms with Gasteiger partial charge in [-0.05, 0) is 30.9 Å². The van der Waals surface area contributed by atoms with Gasteiger partial charge in [-0.2, -0.15) is 0 Å². The third kappa shape index (κ3) is 2.99. The molecule has 1 aromatic carbocycles. The van der Waals surface area contributed by atoms with E-state index < -0.39 is 0 Å². The zero-order valence-corrected chi connectivity index (χ0v) is 10.7. The predicted molar refractivity (Wildman–Crippen MR) is 73.2 cm³/mol. The Kier molecular flexibility index (Phi) is 3.15. The molecule has 0 atom stereocenters. The zero-order valence-electron chi connectivity index (χ0n) is 9.94. The molecule has 1 fully saturated rings. The Morgan fingerprint density at radius 1 is 1.17 bits per heavy atom. The standard InChI is InChI=1S/C14H14ClN3/c15-12-9-14(16-11-4-2-1-3-5-11)18-13(17-12)8-10-6-7-10/h1-5,9-10H,6-8H2,(H,16,17,18). The summed E-state index contributed by atoms with van der Waals surface area (Å²) in [5.74, 6) is 2.35. The van der Waals surface area contributed by atoms with Crippen LogP contribution in [0.4, 0.5) is 11.5 Å². The summed E-state index contributed by atoms with van der Waals surface area (Å²) in [6.07, 6.45) is 3.51. The lowest BCUT2D eigenvalue weighted by Crippen LogP contribution is -2.01. The van der Waals surface area contributed by atoms with E-state index in [9.17, 15) is 0 Å². The first kappa shape index (κ1) is 11.5. The summed E-state index contributed by atoms with van der Waals surface area (Å²) < 4.78 is 0. The van der Waals surface area contributed by atoms with Crippen LogP contribution in [-0.2, 0) is 6.42 Å². The molecule has 92 valence electrons. The van der Waals surface area contributed by atoms with Gasteiger partial charge in [0, 0.05) is 18.2 Å². The second kappa shape index (κ2) is 4.94. The average Bonchev–Trinajstić information content (AvgIpc) is 3.13. The molecule has 0 radical (unpaired) electrons. The Bertz CT molecular complexity index is 538. The van der Waals surface area contributed by atoms with Crippen LogP contribution in [0.5, 0.6) is 0 Å². The van der Waals surface area contributed by atoms with Crippen LogP contribution in [0, 0.1) is 5.92 Å². The minimum absolute atomic E-state index is 0.499. The van der Waals surface area contributed by atoms with Crippen LogP contribution < -0.4 is 5.32 Å². The van der Waals surface area contributed by atoms with Gasteiger partial charge in [-0.25, -0.2) is 9.97 Å². The number of nitrogens with zero attached hydrogens (tertiary/aromatic N) is 2. The van der Waals surface area contributed by atoms with E-state index in [2.05, 4.69) is 15.3 Å². The highest BCUT2D eigenvalue weighted by Gasteiger charge is 2.23. The Hall–Kier alpha value is -1.61. The molecule has 0 spiro atoms. The van der Waals surface area contributed by atoms with Crippen LogP contribution >= 0.6 is 11.6 Å². The quantitative estimate of drug-likeness (QED) is 0.848.